The first-order valence-electron chi connectivity index (χ1n) is 21.7. The van der Waals surface area contributed by atoms with Gasteiger partial charge in [0, 0.05) is 44.3 Å². The first-order chi connectivity index (χ1) is 32.2. The van der Waals surface area contributed by atoms with E-state index in [0.717, 1.165) is 42.6 Å². The Hall–Kier alpha value is -5.10. The lowest BCUT2D eigenvalue weighted by Crippen LogP contribution is -2.49. The highest BCUT2D eigenvalue weighted by molar-refractivity contribution is 8.53. The molecule has 0 spiro atoms. The summed E-state index contributed by atoms with van der Waals surface area (Å²) in [5.41, 5.74) is 1.01. The number of ether oxygens (including phenoxy) is 5. The van der Waals surface area contributed by atoms with Crippen LogP contribution in [-0.2, 0) is 24.3 Å². The number of nitrogens with zero attached hydrogens (tertiary/aromatic N) is 6. The molecule has 9 rings (SSSR count). The van der Waals surface area contributed by atoms with Crippen molar-refractivity contribution in [2.75, 3.05) is 66.1 Å². The number of aromatic nitrogens is 4. The molecule has 344 valence electrons. The fraction of sp³-hybridized carbons (Fsp3) is 0.354. The molecule has 4 aromatic carbocycles. The van der Waals surface area contributed by atoms with Crippen LogP contribution in [0.4, 0.5) is 5.95 Å². The lowest BCUT2D eigenvalue weighted by Gasteiger charge is -2.40. The number of thioether (sulfide) groups is 1. The second-order valence-electron chi connectivity index (χ2n) is 16.3. The molecule has 0 aliphatic carbocycles. The van der Waals surface area contributed by atoms with Gasteiger partial charge in [-0.3, -0.25) is 23.8 Å². The first kappa shape index (κ1) is 46.0. The van der Waals surface area contributed by atoms with E-state index in [4.69, 9.17) is 33.2 Å². The maximum atomic E-state index is 13.4. The van der Waals surface area contributed by atoms with Crippen LogP contribution in [0.2, 0.25) is 0 Å². The largest absolute Gasteiger partial charge is 0.497 e. The van der Waals surface area contributed by atoms with Gasteiger partial charge in [0.15, 0.2) is 24.9 Å². The van der Waals surface area contributed by atoms with Crippen molar-refractivity contribution in [1.29, 1.82) is 0 Å². The molecule has 6 aromatic rings. The average Bonchev–Trinajstić information content (AvgIpc) is 4.17. The molecule has 2 aromatic heterocycles. The van der Waals surface area contributed by atoms with Crippen molar-refractivity contribution in [2.24, 2.45) is 4.99 Å². The standard InChI is InChI=1S/C48H52N7O8PS2/c1-53(2)31-50-46-51-42-39(43(56)52-46)49-32-55(42)44-40-41(63-64(54-25-11-12-26-54)66-28-27-65-45(57)33-13-7-5-8-14-33)47(62-44,29-60-40)30-61-48(34-15-9-6-10-16-34,35-17-21-37(58-3)22-18-35)36-19-23-38(59-4)24-20-36/h5-10,13-24,31-32,40-41,44H,11-12,25-30H2,1-4H3,(H,51,52,56)/b50-31+/t40?,41?,44-,47-,64?/m1/s1. The van der Waals surface area contributed by atoms with E-state index in [1.165, 1.54) is 11.8 Å². The lowest BCUT2D eigenvalue weighted by molar-refractivity contribution is -0.201. The molecule has 5 heterocycles. The number of carbonyl (C=O) groups excluding carboxylic acids is 1. The first-order valence-corrected chi connectivity index (χ1v) is 25.5. The van der Waals surface area contributed by atoms with Crippen LogP contribution in [0, 0.1) is 0 Å². The summed E-state index contributed by atoms with van der Waals surface area (Å²) in [4.78, 5) is 44.5. The molecule has 5 atom stereocenters. The Balaban J connectivity index is 1.10. The van der Waals surface area contributed by atoms with Gasteiger partial charge in [0.2, 0.25) is 11.1 Å². The van der Waals surface area contributed by atoms with Crippen molar-refractivity contribution >= 4 is 59.2 Å². The summed E-state index contributed by atoms with van der Waals surface area (Å²) in [6.07, 6.45) is 3.18. The summed E-state index contributed by atoms with van der Waals surface area (Å²) in [6, 6.07) is 35.3. The zero-order valence-electron chi connectivity index (χ0n) is 37.1. The van der Waals surface area contributed by atoms with Gasteiger partial charge in [0.25, 0.3) is 5.56 Å². The molecule has 0 saturated carbocycles. The van der Waals surface area contributed by atoms with E-state index >= 15 is 0 Å². The SMILES string of the molecule is COc1ccc(C(OC[C@]23COC(C2OP(SCCSC(=O)c2ccccc2)N2CCCC2)[C@H](n2cnc4c(=O)[nH]c(/N=C/N(C)C)nc42)O3)(c2ccccc2)c2ccc(OC)cc2)cc1. The third-order valence-electron chi connectivity index (χ3n) is 11.8. The number of hydrogen-bond donors (Lipinski definition) is 1. The summed E-state index contributed by atoms with van der Waals surface area (Å²) in [7, 11) is 5.71. The molecule has 0 radical (unpaired) electrons. The molecule has 3 aliphatic rings. The highest BCUT2D eigenvalue weighted by Crippen LogP contribution is 2.61. The van der Waals surface area contributed by atoms with E-state index in [9.17, 15) is 9.59 Å². The Labute approximate surface area is 392 Å². The molecular formula is C48H52N7O8PS2. The van der Waals surface area contributed by atoms with Gasteiger partial charge in [-0.05, 0) is 53.8 Å². The quantitative estimate of drug-likeness (QED) is 0.0274. The van der Waals surface area contributed by atoms with Crippen molar-refractivity contribution in [1.82, 2.24) is 29.1 Å². The summed E-state index contributed by atoms with van der Waals surface area (Å²) in [5.74, 6) is 2.86. The van der Waals surface area contributed by atoms with Crippen LogP contribution in [0.3, 0.4) is 0 Å². The van der Waals surface area contributed by atoms with Crippen molar-refractivity contribution in [2.45, 2.75) is 42.5 Å². The maximum absolute atomic E-state index is 13.4. The number of fused-ring (bicyclic) bond motifs is 3. The monoisotopic (exact) mass is 949 g/mol. The highest BCUT2D eigenvalue weighted by Gasteiger charge is 2.65. The van der Waals surface area contributed by atoms with Gasteiger partial charge in [-0.25, -0.2) is 9.98 Å². The molecular weight excluding hydrogens is 898 g/mol. The normalized spacial score (nSPS) is 21.2. The van der Waals surface area contributed by atoms with Crippen LogP contribution in [-0.4, -0.2) is 124 Å². The summed E-state index contributed by atoms with van der Waals surface area (Å²) in [5, 5.41) is 0.0448. The van der Waals surface area contributed by atoms with E-state index in [1.807, 2.05) is 111 Å². The fourth-order valence-corrected chi connectivity index (χ4v) is 13.9. The van der Waals surface area contributed by atoms with Crippen LogP contribution < -0.4 is 15.0 Å². The van der Waals surface area contributed by atoms with E-state index in [1.54, 1.807) is 47.7 Å². The van der Waals surface area contributed by atoms with E-state index in [0.29, 0.717) is 34.2 Å². The third kappa shape index (κ3) is 9.40. The van der Waals surface area contributed by atoms with Crippen LogP contribution in [0.25, 0.3) is 11.2 Å². The Morgan fingerprint density at radius 1 is 0.924 bits per heavy atom. The summed E-state index contributed by atoms with van der Waals surface area (Å²) in [6.45, 7) is 1.99. The number of aromatic amines is 1. The van der Waals surface area contributed by atoms with Gasteiger partial charge in [-0.1, -0.05) is 108 Å². The predicted octanol–water partition coefficient (Wildman–Crippen LogP) is 8.05. The van der Waals surface area contributed by atoms with Gasteiger partial charge in [-0.15, -0.1) is 0 Å². The zero-order chi connectivity index (χ0) is 45.7. The average molecular weight is 950 g/mol. The second-order valence-corrected chi connectivity index (χ2v) is 21.0. The molecule has 3 saturated heterocycles. The number of carbonyl (C=O) groups is 1. The van der Waals surface area contributed by atoms with Gasteiger partial charge in [-0.2, -0.15) is 4.98 Å². The number of methoxy groups -OCH3 is 2. The fourth-order valence-electron chi connectivity index (χ4n) is 8.56. The van der Waals surface area contributed by atoms with Crippen LogP contribution in [0.5, 0.6) is 11.5 Å². The van der Waals surface area contributed by atoms with Crippen molar-refractivity contribution < 1.29 is 33.0 Å². The maximum Gasteiger partial charge on any atom is 0.280 e. The summed E-state index contributed by atoms with van der Waals surface area (Å²) < 4.78 is 44.4. The number of rotatable bonds is 19. The second kappa shape index (κ2) is 20.4. The lowest BCUT2D eigenvalue weighted by atomic mass is 9.79. The van der Waals surface area contributed by atoms with E-state index in [-0.39, 0.29) is 29.8 Å². The Kier molecular flexibility index (Phi) is 14.2. The number of nitrogens with one attached hydrogen (secondary N) is 1. The molecule has 66 heavy (non-hydrogen) atoms. The minimum absolute atomic E-state index is 0.0336. The Morgan fingerprint density at radius 3 is 2.20 bits per heavy atom. The van der Waals surface area contributed by atoms with Crippen molar-refractivity contribution in [3.63, 3.8) is 0 Å². The van der Waals surface area contributed by atoms with Crippen LogP contribution in [0.15, 0.2) is 125 Å². The minimum atomic E-state index is -1.25. The summed E-state index contributed by atoms with van der Waals surface area (Å²) >= 11 is 3.05. The van der Waals surface area contributed by atoms with Crippen molar-refractivity contribution in [3.05, 3.63) is 148 Å². The molecule has 3 aliphatic heterocycles. The number of hydrogen-bond acceptors (Lipinski definition) is 14. The zero-order valence-corrected chi connectivity index (χ0v) is 39.7. The third-order valence-corrected chi connectivity index (χ3v) is 17.0. The Bertz CT molecular complexity index is 2620. The van der Waals surface area contributed by atoms with Crippen molar-refractivity contribution in [3.8, 4) is 11.5 Å². The van der Waals surface area contributed by atoms with E-state index < -0.39 is 42.7 Å². The molecule has 15 nitrogen and oxygen atoms in total. The number of benzene rings is 4. The van der Waals surface area contributed by atoms with Gasteiger partial charge in [0.1, 0.15) is 34.9 Å². The molecule has 3 unspecified atom stereocenters. The number of H-pyrrole nitrogens is 1. The molecule has 1 N–H and O–H groups in total. The highest BCUT2D eigenvalue weighted by atomic mass is 32.7. The topological polar surface area (TPSA) is 155 Å². The number of aliphatic imine (C=N–C) groups is 1. The van der Waals surface area contributed by atoms with E-state index in [2.05, 4.69) is 31.8 Å². The van der Waals surface area contributed by atoms with Crippen LogP contribution >= 0.6 is 30.6 Å². The minimum Gasteiger partial charge on any atom is -0.497 e. The van der Waals surface area contributed by atoms with Gasteiger partial charge in [0.05, 0.1) is 40.1 Å². The van der Waals surface area contributed by atoms with Crippen LogP contribution in [0.1, 0.15) is 46.1 Å². The molecule has 18 heteroatoms. The molecule has 2 bridgehead atoms. The smallest absolute Gasteiger partial charge is 0.280 e. The molecule has 0 amide bonds. The number of imidazole rings is 1. The van der Waals surface area contributed by atoms with Gasteiger partial charge >= 0.3 is 0 Å². The predicted molar refractivity (Wildman–Crippen MR) is 259 cm³/mol. The molecule has 3 fully saturated rings. The van der Waals surface area contributed by atoms with Gasteiger partial charge < -0.3 is 33.1 Å². The Morgan fingerprint density at radius 2 is 1.56 bits per heavy atom.